The Labute approximate surface area is 186 Å². The van der Waals surface area contributed by atoms with Gasteiger partial charge in [0.15, 0.2) is 0 Å². The maximum absolute atomic E-state index is 9.78. The van der Waals surface area contributed by atoms with Gasteiger partial charge in [-0.05, 0) is 73.8 Å². The van der Waals surface area contributed by atoms with E-state index in [9.17, 15) is 10.4 Å². The molecule has 0 amide bonds. The summed E-state index contributed by atoms with van der Waals surface area (Å²) in [5.74, 6) is 0.422. The van der Waals surface area contributed by atoms with E-state index in [4.69, 9.17) is 0 Å². The Morgan fingerprint density at radius 3 is 2.45 bits per heavy atom. The lowest BCUT2D eigenvalue weighted by atomic mass is 9.97. The third kappa shape index (κ3) is 5.72. The van der Waals surface area contributed by atoms with Gasteiger partial charge in [0.05, 0.1) is 11.6 Å². The lowest BCUT2D eigenvalue weighted by Crippen LogP contribution is -2.28. The molecule has 164 valence electrons. The number of hydrogen-bond acceptors (Lipinski definition) is 5. The molecule has 0 spiro atoms. The van der Waals surface area contributed by atoms with Crippen LogP contribution in [0.3, 0.4) is 0 Å². The number of nitriles is 1. The summed E-state index contributed by atoms with van der Waals surface area (Å²) in [4.78, 5) is 7.29. The fraction of sp³-hybridized carbons (Fsp3) is 0.500. The Bertz CT molecular complexity index is 905. The highest BCUT2D eigenvalue weighted by Crippen LogP contribution is 2.26. The second-order valence-corrected chi connectivity index (χ2v) is 9.19. The van der Waals surface area contributed by atoms with E-state index in [1.165, 1.54) is 17.5 Å². The fourth-order valence-corrected chi connectivity index (χ4v) is 4.80. The van der Waals surface area contributed by atoms with Crippen molar-refractivity contribution in [2.75, 3.05) is 52.9 Å². The van der Waals surface area contributed by atoms with Gasteiger partial charge in [-0.1, -0.05) is 36.4 Å². The molecule has 0 aromatic heterocycles. The molecule has 2 heterocycles. The minimum atomic E-state index is 0.289. The number of aliphatic hydroxyl groups excluding tert-OH is 1. The smallest absolute Gasteiger partial charge is 0.0998 e. The summed E-state index contributed by atoms with van der Waals surface area (Å²) in [6, 6.07) is 17.4. The molecule has 2 aliphatic rings. The first-order valence-corrected chi connectivity index (χ1v) is 11.5. The highest BCUT2D eigenvalue weighted by molar-refractivity contribution is 5.71. The lowest BCUT2D eigenvalue weighted by molar-refractivity contribution is 0.220. The quantitative estimate of drug-likeness (QED) is 0.781. The van der Waals surface area contributed by atoms with E-state index in [-0.39, 0.29) is 6.61 Å². The van der Waals surface area contributed by atoms with E-state index in [0.29, 0.717) is 5.92 Å². The summed E-state index contributed by atoms with van der Waals surface area (Å²) in [5, 5.41) is 19.1. The van der Waals surface area contributed by atoms with Crippen molar-refractivity contribution in [1.29, 1.82) is 5.26 Å². The van der Waals surface area contributed by atoms with Crippen molar-refractivity contribution in [3.8, 4) is 17.2 Å². The van der Waals surface area contributed by atoms with E-state index in [1.807, 2.05) is 0 Å². The van der Waals surface area contributed by atoms with E-state index < -0.39 is 0 Å². The van der Waals surface area contributed by atoms with Crippen LogP contribution in [-0.4, -0.2) is 72.7 Å². The number of aliphatic hydroxyl groups is 1. The first-order valence-electron chi connectivity index (χ1n) is 11.5. The molecule has 0 aliphatic carbocycles. The molecule has 5 nitrogen and oxygen atoms in total. The van der Waals surface area contributed by atoms with Crippen LogP contribution in [-0.2, 0) is 13.1 Å². The summed E-state index contributed by atoms with van der Waals surface area (Å²) in [7, 11) is 2.19. The summed E-state index contributed by atoms with van der Waals surface area (Å²) in [5.41, 5.74) is 5.35. The van der Waals surface area contributed by atoms with Crippen LogP contribution in [0.4, 0.5) is 0 Å². The Kier molecular flexibility index (Phi) is 7.37. The van der Waals surface area contributed by atoms with Crippen LogP contribution in [0.2, 0.25) is 0 Å². The molecule has 1 atom stereocenters. The topological polar surface area (TPSA) is 53.7 Å². The van der Waals surface area contributed by atoms with Gasteiger partial charge in [-0.3, -0.25) is 9.80 Å². The molecular formula is C26H34N4O. The summed E-state index contributed by atoms with van der Waals surface area (Å²) in [6.45, 7) is 8.62. The van der Waals surface area contributed by atoms with Crippen LogP contribution in [0.1, 0.15) is 29.5 Å². The van der Waals surface area contributed by atoms with Gasteiger partial charge in [0.2, 0.25) is 0 Å². The van der Waals surface area contributed by atoms with Gasteiger partial charge in [-0.15, -0.1) is 0 Å². The molecule has 1 N–H and O–H groups in total. The molecule has 0 saturated carbocycles. The zero-order valence-electron chi connectivity index (χ0n) is 18.6. The molecule has 5 heteroatoms. The van der Waals surface area contributed by atoms with Crippen molar-refractivity contribution in [1.82, 2.24) is 14.7 Å². The number of benzene rings is 2. The monoisotopic (exact) mass is 418 g/mol. The van der Waals surface area contributed by atoms with Crippen molar-refractivity contribution in [3.63, 3.8) is 0 Å². The molecule has 2 fully saturated rings. The molecule has 2 aromatic carbocycles. The Balaban J connectivity index is 1.42. The van der Waals surface area contributed by atoms with Crippen LogP contribution >= 0.6 is 0 Å². The summed E-state index contributed by atoms with van der Waals surface area (Å²) >= 11 is 0. The first-order chi connectivity index (χ1) is 15.1. The Morgan fingerprint density at radius 1 is 0.935 bits per heavy atom. The number of hydrogen-bond donors (Lipinski definition) is 1. The van der Waals surface area contributed by atoms with Crippen molar-refractivity contribution in [2.45, 2.75) is 25.9 Å². The van der Waals surface area contributed by atoms with E-state index in [1.54, 1.807) is 0 Å². The number of likely N-dealkylation sites (tertiary alicyclic amines) is 1. The summed E-state index contributed by atoms with van der Waals surface area (Å²) in [6.07, 6.45) is 2.28. The molecule has 4 rings (SSSR count). The Morgan fingerprint density at radius 2 is 1.71 bits per heavy atom. The predicted molar refractivity (Wildman–Crippen MR) is 124 cm³/mol. The number of nitrogens with zero attached hydrogens (tertiary/aromatic N) is 4. The van der Waals surface area contributed by atoms with Crippen molar-refractivity contribution >= 4 is 0 Å². The van der Waals surface area contributed by atoms with E-state index in [0.717, 1.165) is 75.5 Å². The molecule has 1 unspecified atom stereocenters. The van der Waals surface area contributed by atoms with Gasteiger partial charge in [0, 0.05) is 39.3 Å². The lowest BCUT2D eigenvalue weighted by Gasteiger charge is -2.20. The average Bonchev–Trinajstić information content (AvgIpc) is 3.15. The molecule has 2 aliphatic heterocycles. The molecule has 2 saturated heterocycles. The van der Waals surface area contributed by atoms with Crippen LogP contribution in [0.25, 0.3) is 11.1 Å². The highest BCUT2D eigenvalue weighted by atomic mass is 16.3. The predicted octanol–water partition coefficient (Wildman–Crippen LogP) is 3.18. The first kappa shape index (κ1) is 22.0. The fourth-order valence-electron chi connectivity index (χ4n) is 4.80. The molecule has 0 radical (unpaired) electrons. The van der Waals surface area contributed by atoms with Gasteiger partial charge < -0.3 is 10.0 Å². The largest absolute Gasteiger partial charge is 0.396 e. The van der Waals surface area contributed by atoms with Crippen LogP contribution in [0.5, 0.6) is 0 Å². The minimum absolute atomic E-state index is 0.289. The minimum Gasteiger partial charge on any atom is -0.396 e. The highest BCUT2D eigenvalue weighted by Gasteiger charge is 2.21. The molecule has 2 aromatic rings. The van der Waals surface area contributed by atoms with Gasteiger partial charge in [0.25, 0.3) is 0 Å². The van der Waals surface area contributed by atoms with Gasteiger partial charge in [-0.2, -0.15) is 5.26 Å². The third-order valence-corrected chi connectivity index (χ3v) is 6.72. The second kappa shape index (κ2) is 10.4. The molecular weight excluding hydrogens is 384 g/mol. The van der Waals surface area contributed by atoms with Crippen LogP contribution in [0.15, 0.2) is 42.5 Å². The molecule has 0 bridgehead atoms. The van der Waals surface area contributed by atoms with Gasteiger partial charge in [0.1, 0.15) is 0 Å². The second-order valence-electron chi connectivity index (χ2n) is 9.19. The van der Waals surface area contributed by atoms with E-state index in [2.05, 4.69) is 70.3 Å². The zero-order chi connectivity index (χ0) is 21.6. The standard InChI is InChI=1S/C26H34N4O/c1-28-10-2-11-29(14-13-28)18-22-5-8-26(25(15-22)16-27)24-6-3-21(4-7-24)17-30-12-9-23(19-30)20-31/h3-8,15,23,31H,2,9-14,17-20H2,1H3. The van der Waals surface area contributed by atoms with Crippen molar-refractivity contribution in [2.24, 2.45) is 5.92 Å². The average molecular weight is 419 g/mol. The van der Waals surface area contributed by atoms with Crippen molar-refractivity contribution < 1.29 is 5.11 Å². The Hall–Kier alpha value is -2.23. The van der Waals surface area contributed by atoms with Crippen LogP contribution < -0.4 is 0 Å². The third-order valence-electron chi connectivity index (χ3n) is 6.72. The van der Waals surface area contributed by atoms with Crippen molar-refractivity contribution in [3.05, 3.63) is 59.2 Å². The maximum Gasteiger partial charge on any atom is 0.0998 e. The molecule has 31 heavy (non-hydrogen) atoms. The van der Waals surface area contributed by atoms with Crippen LogP contribution in [0, 0.1) is 17.2 Å². The number of rotatable bonds is 6. The summed E-state index contributed by atoms with van der Waals surface area (Å²) < 4.78 is 0. The SMILES string of the molecule is CN1CCCN(Cc2ccc(-c3ccc(CN4CCC(CO)C4)cc3)c(C#N)c2)CC1. The van der Waals surface area contributed by atoms with Gasteiger partial charge >= 0.3 is 0 Å². The normalized spacial score (nSPS) is 21.1. The maximum atomic E-state index is 9.78. The van der Waals surface area contributed by atoms with Gasteiger partial charge in [-0.25, -0.2) is 0 Å². The zero-order valence-corrected chi connectivity index (χ0v) is 18.6. The number of likely N-dealkylation sites (N-methyl/N-ethyl adjacent to an activating group) is 1. The van der Waals surface area contributed by atoms with E-state index >= 15 is 0 Å².